The number of aliphatic hydroxyl groups excluding tert-OH is 4. The van der Waals surface area contributed by atoms with Gasteiger partial charge in [0.15, 0.2) is 0 Å². The molecule has 1 fully saturated rings. The second-order valence-electron chi connectivity index (χ2n) is 5.84. The van der Waals surface area contributed by atoms with Gasteiger partial charge in [-0.2, -0.15) is 0 Å². The topological polar surface area (TPSA) is 138 Å². The Bertz CT molecular complexity index is 709. The van der Waals surface area contributed by atoms with Crippen molar-refractivity contribution in [1.29, 1.82) is 0 Å². The third kappa shape index (κ3) is 3.73. The molecular formula is C17H20N2O6. The molecule has 1 aromatic heterocycles. The molecule has 0 unspecified atom stereocenters. The lowest BCUT2D eigenvalue weighted by Gasteiger charge is -2.40. The maximum atomic E-state index is 10.2. The van der Waals surface area contributed by atoms with E-state index in [1.165, 1.54) is 6.20 Å². The van der Waals surface area contributed by atoms with Gasteiger partial charge in [0.05, 0.1) is 12.8 Å². The lowest BCUT2D eigenvalue weighted by atomic mass is 9.91. The minimum atomic E-state index is -1.43. The predicted molar refractivity (Wildman–Crippen MR) is 87.9 cm³/mol. The lowest BCUT2D eigenvalue weighted by Crippen LogP contribution is -2.55. The molecule has 1 aliphatic rings. The van der Waals surface area contributed by atoms with Crippen molar-refractivity contribution in [2.45, 2.75) is 30.5 Å². The summed E-state index contributed by atoms with van der Waals surface area (Å²) in [6.45, 7) is -0.477. The number of hydrogen-bond acceptors (Lipinski definition) is 8. The number of aliphatic hydroxyl groups is 4. The molecule has 0 aliphatic carbocycles. The van der Waals surface area contributed by atoms with Gasteiger partial charge in [-0.15, -0.1) is 0 Å². The highest BCUT2D eigenvalue weighted by molar-refractivity contribution is 5.37. The van der Waals surface area contributed by atoms with E-state index in [2.05, 4.69) is 4.98 Å². The Labute approximate surface area is 144 Å². The van der Waals surface area contributed by atoms with Crippen molar-refractivity contribution in [1.82, 2.24) is 4.98 Å². The molecule has 6 N–H and O–H groups in total. The molecule has 0 radical (unpaired) electrons. The van der Waals surface area contributed by atoms with Crippen molar-refractivity contribution in [3.05, 3.63) is 48.2 Å². The van der Waals surface area contributed by atoms with E-state index in [0.717, 1.165) is 0 Å². The van der Waals surface area contributed by atoms with Gasteiger partial charge in [-0.1, -0.05) is 12.1 Å². The molecule has 134 valence electrons. The average Bonchev–Trinajstić information content (AvgIpc) is 2.62. The Morgan fingerprint density at radius 1 is 1.04 bits per heavy atom. The van der Waals surface area contributed by atoms with Crippen LogP contribution in [0, 0.1) is 0 Å². The number of nitrogens with two attached hydrogens (primary N) is 1. The minimum absolute atomic E-state index is 0.377. The Morgan fingerprint density at radius 2 is 1.84 bits per heavy atom. The van der Waals surface area contributed by atoms with Crippen LogP contribution in [-0.4, -0.2) is 56.4 Å². The molecule has 25 heavy (non-hydrogen) atoms. The number of hydrogen-bond donors (Lipinski definition) is 5. The van der Waals surface area contributed by atoms with E-state index in [4.69, 9.17) is 15.2 Å². The van der Waals surface area contributed by atoms with Crippen LogP contribution in [0.15, 0.2) is 42.6 Å². The molecule has 1 aliphatic heterocycles. The molecule has 0 bridgehead atoms. The van der Waals surface area contributed by atoms with Crippen molar-refractivity contribution < 1.29 is 29.9 Å². The van der Waals surface area contributed by atoms with Crippen molar-refractivity contribution >= 4 is 5.82 Å². The van der Waals surface area contributed by atoms with E-state index in [0.29, 0.717) is 22.9 Å². The second kappa shape index (κ2) is 7.34. The van der Waals surface area contributed by atoms with Crippen molar-refractivity contribution in [3.8, 4) is 11.5 Å². The zero-order valence-corrected chi connectivity index (χ0v) is 13.3. The number of anilines is 1. The van der Waals surface area contributed by atoms with Crippen LogP contribution >= 0.6 is 0 Å². The van der Waals surface area contributed by atoms with E-state index < -0.39 is 37.1 Å². The molecular weight excluding hydrogens is 328 g/mol. The summed E-state index contributed by atoms with van der Waals surface area (Å²) in [6, 6.07) is 10.0. The van der Waals surface area contributed by atoms with Gasteiger partial charge in [0.1, 0.15) is 47.8 Å². The lowest BCUT2D eigenvalue weighted by molar-refractivity contribution is -0.231. The first kappa shape index (κ1) is 17.6. The van der Waals surface area contributed by atoms with Crippen molar-refractivity contribution in [2.75, 3.05) is 12.3 Å². The number of ether oxygens (including phenoxy) is 2. The maximum Gasteiger partial charge on any atom is 0.145 e. The van der Waals surface area contributed by atoms with Crippen molar-refractivity contribution in [3.63, 3.8) is 0 Å². The quantitative estimate of drug-likeness (QED) is 0.519. The van der Waals surface area contributed by atoms with E-state index in [9.17, 15) is 20.4 Å². The highest BCUT2D eigenvalue weighted by Gasteiger charge is 2.43. The first-order chi connectivity index (χ1) is 12.0. The molecule has 3 rings (SSSR count). The summed E-state index contributed by atoms with van der Waals surface area (Å²) < 4.78 is 11.2. The van der Waals surface area contributed by atoms with Gasteiger partial charge in [0.25, 0.3) is 0 Å². The van der Waals surface area contributed by atoms with Gasteiger partial charge in [0, 0.05) is 0 Å². The third-order valence-electron chi connectivity index (χ3n) is 4.07. The Kier molecular flexibility index (Phi) is 5.16. The fraction of sp³-hybridized carbons (Fsp3) is 0.353. The highest BCUT2D eigenvalue weighted by atomic mass is 16.5. The molecule has 5 atom stereocenters. The normalized spacial score (nSPS) is 29.4. The summed E-state index contributed by atoms with van der Waals surface area (Å²) in [5, 5.41) is 39.3. The van der Waals surface area contributed by atoms with Crippen LogP contribution in [0.4, 0.5) is 5.82 Å². The van der Waals surface area contributed by atoms with Crippen LogP contribution in [0.2, 0.25) is 0 Å². The van der Waals surface area contributed by atoms with E-state index in [-0.39, 0.29) is 0 Å². The number of aromatic nitrogens is 1. The van der Waals surface area contributed by atoms with Gasteiger partial charge in [-0.25, -0.2) is 4.98 Å². The largest absolute Gasteiger partial charge is 0.456 e. The smallest absolute Gasteiger partial charge is 0.145 e. The van der Waals surface area contributed by atoms with Crippen LogP contribution in [0.5, 0.6) is 11.5 Å². The second-order valence-corrected chi connectivity index (χ2v) is 5.84. The summed E-state index contributed by atoms with van der Waals surface area (Å²) in [6.07, 6.45) is -4.56. The van der Waals surface area contributed by atoms with Crippen LogP contribution < -0.4 is 10.5 Å². The molecule has 1 saturated heterocycles. The molecule has 0 amide bonds. The summed E-state index contributed by atoms with van der Waals surface area (Å²) in [7, 11) is 0. The maximum absolute atomic E-state index is 10.2. The number of nitrogen functional groups attached to an aromatic ring is 1. The minimum Gasteiger partial charge on any atom is -0.456 e. The first-order valence-corrected chi connectivity index (χ1v) is 7.79. The van der Waals surface area contributed by atoms with Crippen molar-refractivity contribution in [2.24, 2.45) is 0 Å². The van der Waals surface area contributed by atoms with Crippen LogP contribution in [0.1, 0.15) is 11.7 Å². The molecule has 0 spiro atoms. The van der Waals surface area contributed by atoms with Gasteiger partial charge in [-0.05, 0) is 29.8 Å². The Hall–Kier alpha value is -2.23. The summed E-state index contributed by atoms with van der Waals surface area (Å²) in [5.74, 6) is 1.34. The molecule has 2 aromatic rings. The standard InChI is InChI=1S/C17H20N2O6/c18-13-5-4-11(7-19-13)24-10-3-1-2-9(6-10)17-16(23)15(22)14(21)12(8-20)25-17/h1-7,12,14-17,20-23H,8H2,(H2,18,19)/t12-,14-,15+,16+,17-/m1/s1. The number of rotatable bonds is 4. The SMILES string of the molecule is Nc1ccc(Oc2cccc([C@H]3O[C@H](CO)[C@@H](O)[C@H](O)[C@@H]3O)c2)cn1. The fourth-order valence-electron chi connectivity index (χ4n) is 2.72. The number of pyridine rings is 1. The highest BCUT2D eigenvalue weighted by Crippen LogP contribution is 2.34. The molecule has 2 heterocycles. The molecule has 1 aromatic carbocycles. The molecule has 0 saturated carbocycles. The summed E-state index contributed by atoms with van der Waals surface area (Å²) >= 11 is 0. The monoisotopic (exact) mass is 348 g/mol. The number of nitrogens with zero attached hydrogens (tertiary/aromatic N) is 1. The Morgan fingerprint density at radius 3 is 2.52 bits per heavy atom. The zero-order chi connectivity index (χ0) is 18.0. The van der Waals surface area contributed by atoms with E-state index in [1.807, 2.05) is 0 Å². The molecule has 8 heteroatoms. The van der Waals surface area contributed by atoms with Gasteiger partial charge in [0.2, 0.25) is 0 Å². The molecule has 8 nitrogen and oxygen atoms in total. The summed E-state index contributed by atoms with van der Waals surface area (Å²) in [5.41, 5.74) is 6.07. The van der Waals surface area contributed by atoms with Crippen LogP contribution in [0.25, 0.3) is 0 Å². The van der Waals surface area contributed by atoms with Gasteiger partial charge in [-0.3, -0.25) is 0 Å². The Balaban J connectivity index is 1.81. The van der Waals surface area contributed by atoms with Crippen LogP contribution in [0.3, 0.4) is 0 Å². The van der Waals surface area contributed by atoms with E-state index >= 15 is 0 Å². The van der Waals surface area contributed by atoms with Crippen LogP contribution in [-0.2, 0) is 4.74 Å². The van der Waals surface area contributed by atoms with E-state index in [1.54, 1.807) is 36.4 Å². The number of benzene rings is 1. The zero-order valence-electron chi connectivity index (χ0n) is 13.3. The predicted octanol–water partition coefficient (Wildman–Crippen LogP) is -0.0290. The van der Waals surface area contributed by atoms with Gasteiger partial charge >= 0.3 is 0 Å². The first-order valence-electron chi connectivity index (χ1n) is 7.79. The summed E-state index contributed by atoms with van der Waals surface area (Å²) in [4.78, 5) is 3.94. The third-order valence-corrected chi connectivity index (χ3v) is 4.07. The average molecular weight is 348 g/mol. The van der Waals surface area contributed by atoms with Gasteiger partial charge < -0.3 is 35.6 Å². The fourth-order valence-corrected chi connectivity index (χ4v) is 2.72.